The molecule has 1 aromatic carbocycles. The van der Waals surface area contributed by atoms with Crippen molar-refractivity contribution in [3.8, 4) is 17.6 Å². The van der Waals surface area contributed by atoms with Crippen LogP contribution in [-0.4, -0.2) is 28.1 Å². The van der Waals surface area contributed by atoms with Gasteiger partial charge < -0.3 is 24.7 Å². The molecule has 0 aliphatic carbocycles. The third kappa shape index (κ3) is 4.10. The van der Waals surface area contributed by atoms with Crippen LogP contribution in [-0.2, 0) is 13.0 Å². The quantitative estimate of drug-likeness (QED) is 0.665. The van der Waals surface area contributed by atoms with Crippen molar-refractivity contribution in [3.05, 3.63) is 65.3 Å². The number of phenolic OH excluding ortho intramolecular Hbond substituents is 1. The van der Waals surface area contributed by atoms with Crippen molar-refractivity contribution >= 4 is 5.91 Å². The molecule has 0 unspecified atom stereocenters. The molecular formula is C18H17N3O5. The zero-order chi connectivity index (χ0) is 18.5. The maximum atomic E-state index is 11.4. The second-order valence-corrected chi connectivity index (χ2v) is 5.46. The monoisotopic (exact) mass is 355 g/mol. The molecule has 3 N–H and O–H groups in total. The number of hydrogen-bond donors (Lipinski definition) is 2. The van der Waals surface area contributed by atoms with Gasteiger partial charge in [-0.05, 0) is 23.3 Å². The van der Waals surface area contributed by atoms with Crippen molar-refractivity contribution in [2.75, 3.05) is 7.11 Å². The standard InChI is InChI=1S/C18H17N3O5/c1-24-15-7-4-12(9-20-15)8-14-18(26-17(21-14)16(19)23)25-10-11-2-5-13(22)6-3-11/h2-7,9,22H,8,10H2,1H3,(H2,19,23). The molecule has 1 amide bonds. The van der Waals surface area contributed by atoms with Crippen LogP contribution in [0.5, 0.6) is 17.6 Å². The lowest BCUT2D eigenvalue weighted by atomic mass is 10.1. The molecule has 0 bridgehead atoms. The SMILES string of the molecule is COc1ccc(Cc2nc(C(N)=O)oc2OCc2ccc(O)cc2)cn1. The normalized spacial score (nSPS) is 10.5. The molecule has 0 aliphatic heterocycles. The van der Waals surface area contributed by atoms with Crippen LogP contribution in [0.2, 0.25) is 0 Å². The zero-order valence-electron chi connectivity index (χ0n) is 14.0. The van der Waals surface area contributed by atoms with E-state index in [9.17, 15) is 9.90 Å². The lowest BCUT2D eigenvalue weighted by Crippen LogP contribution is -2.11. The van der Waals surface area contributed by atoms with Gasteiger partial charge in [0.25, 0.3) is 5.89 Å². The van der Waals surface area contributed by atoms with E-state index in [2.05, 4.69) is 9.97 Å². The molecule has 0 fully saturated rings. The number of oxazole rings is 1. The van der Waals surface area contributed by atoms with Gasteiger partial charge in [-0.15, -0.1) is 0 Å². The van der Waals surface area contributed by atoms with Crippen molar-refractivity contribution < 1.29 is 23.8 Å². The predicted molar refractivity (Wildman–Crippen MR) is 91.1 cm³/mol. The molecule has 0 saturated heterocycles. The van der Waals surface area contributed by atoms with E-state index in [4.69, 9.17) is 19.6 Å². The van der Waals surface area contributed by atoms with E-state index in [-0.39, 0.29) is 24.2 Å². The van der Waals surface area contributed by atoms with Crippen molar-refractivity contribution in [1.82, 2.24) is 9.97 Å². The second kappa shape index (κ2) is 7.56. The minimum atomic E-state index is -0.779. The molecule has 2 aromatic heterocycles. The Bertz CT molecular complexity index is 888. The molecule has 2 heterocycles. The van der Waals surface area contributed by atoms with Crippen LogP contribution in [0.25, 0.3) is 0 Å². The lowest BCUT2D eigenvalue weighted by molar-refractivity contribution is 0.0957. The Labute approximate surface area is 149 Å². The first-order chi connectivity index (χ1) is 12.5. The number of carbonyl (C=O) groups is 1. The largest absolute Gasteiger partial charge is 0.508 e. The molecule has 3 rings (SSSR count). The van der Waals surface area contributed by atoms with Gasteiger partial charge in [0.1, 0.15) is 18.1 Å². The van der Waals surface area contributed by atoms with Crippen molar-refractivity contribution in [3.63, 3.8) is 0 Å². The molecule has 0 atom stereocenters. The molecule has 26 heavy (non-hydrogen) atoms. The van der Waals surface area contributed by atoms with Gasteiger partial charge in [-0.3, -0.25) is 4.79 Å². The summed E-state index contributed by atoms with van der Waals surface area (Å²) in [6.07, 6.45) is 1.99. The van der Waals surface area contributed by atoms with Gasteiger partial charge in [-0.25, -0.2) is 9.97 Å². The average molecular weight is 355 g/mol. The molecule has 0 aliphatic rings. The highest BCUT2D eigenvalue weighted by Gasteiger charge is 2.19. The predicted octanol–water partition coefficient (Wildman–Crippen LogP) is 2.05. The zero-order valence-corrected chi connectivity index (χ0v) is 14.0. The van der Waals surface area contributed by atoms with Gasteiger partial charge in [-0.1, -0.05) is 18.2 Å². The maximum Gasteiger partial charge on any atom is 0.309 e. The van der Waals surface area contributed by atoms with E-state index in [1.807, 2.05) is 6.07 Å². The minimum absolute atomic E-state index is 0.114. The van der Waals surface area contributed by atoms with Crippen LogP contribution in [0.15, 0.2) is 47.0 Å². The van der Waals surface area contributed by atoms with Crippen LogP contribution < -0.4 is 15.2 Å². The number of amides is 1. The second-order valence-electron chi connectivity index (χ2n) is 5.46. The van der Waals surface area contributed by atoms with Gasteiger partial charge in [-0.2, -0.15) is 0 Å². The van der Waals surface area contributed by atoms with E-state index in [1.165, 1.54) is 7.11 Å². The van der Waals surface area contributed by atoms with Crippen molar-refractivity contribution in [2.45, 2.75) is 13.0 Å². The number of benzene rings is 1. The van der Waals surface area contributed by atoms with E-state index in [0.29, 0.717) is 18.0 Å². The number of methoxy groups -OCH3 is 1. The highest BCUT2D eigenvalue weighted by atomic mass is 16.6. The van der Waals surface area contributed by atoms with E-state index < -0.39 is 5.91 Å². The molecular weight excluding hydrogens is 338 g/mol. The number of primary amides is 1. The minimum Gasteiger partial charge on any atom is -0.508 e. The molecule has 0 spiro atoms. The lowest BCUT2D eigenvalue weighted by Gasteiger charge is -2.05. The molecule has 8 nitrogen and oxygen atoms in total. The van der Waals surface area contributed by atoms with Gasteiger partial charge in [0.05, 0.1) is 7.11 Å². The van der Waals surface area contributed by atoms with Crippen molar-refractivity contribution in [1.29, 1.82) is 0 Å². The van der Waals surface area contributed by atoms with E-state index >= 15 is 0 Å². The Morgan fingerprint density at radius 2 is 1.92 bits per heavy atom. The Kier molecular flexibility index (Phi) is 5.02. The van der Waals surface area contributed by atoms with Crippen LogP contribution in [0.3, 0.4) is 0 Å². The third-order valence-corrected chi connectivity index (χ3v) is 3.56. The average Bonchev–Trinajstić information content (AvgIpc) is 3.05. The summed E-state index contributed by atoms with van der Waals surface area (Å²) < 4.78 is 16.0. The Hall–Kier alpha value is -3.55. The summed E-state index contributed by atoms with van der Waals surface area (Å²) in [6.45, 7) is 0.182. The van der Waals surface area contributed by atoms with Gasteiger partial charge >= 0.3 is 11.9 Å². The molecule has 3 aromatic rings. The molecule has 8 heteroatoms. The number of nitrogens with zero attached hydrogens (tertiary/aromatic N) is 2. The number of aromatic hydroxyl groups is 1. The summed E-state index contributed by atoms with van der Waals surface area (Å²) in [4.78, 5) is 19.6. The summed E-state index contributed by atoms with van der Waals surface area (Å²) in [5, 5.41) is 9.32. The van der Waals surface area contributed by atoms with Gasteiger partial charge in [0.15, 0.2) is 0 Å². The summed E-state index contributed by atoms with van der Waals surface area (Å²) >= 11 is 0. The van der Waals surface area contributed by atoms with Crippen LogP contribution in [0, 0.1) is 0 Å². The summed E-state index contributed by atoms with van der Waals surface area (Å²) in [5.74, 6) is -0.226. The topological polar surface area (TPSA) is 121 Å². The Morgan fingerprint density at radius 3 is 2.54 bits per heavy atom. The fourth-order valence-electron chi connectivity index (χ4n) is 2.24. The summed E-state index contributed by atoms with van der Waals surface area (Å²) in [5.41, 5.74) is 7.33. The first-order valence-corrected chi connectivity index (χ1v) is 7.74. The van der Waals surface area contributed by atoms with Crippen LogP contribution >= 0.6 is 0 Å². The van der Waals surface area contributed by atoms with E-state index in [0.717, 1.165) is 11.1 Å². The Morgan fingerprint density at radius 1 is 1.19 bits per heavy atom. The summed E-state index contributed by atoms with van der Waals surface area (Å²) in [7, 11) is 1.54. The van der Waals surface area contributed by atoms with Crippen molar-refractivity contribution in [2.24, 2.45) is 5.73 Å². The van der Waals surface area contributed by atoms with Gasteiger partial charge in [0.2, 0.25) is 5.88 Å². The van der Waals surface area contributed by atoms with Crippen LogP contribution in [0.4, 0.5) is 0 Å². The molecule has 134 valence electrons. The molecule has 0 radical (unpaired) electrons. The van der Waals surface area contributed by atoms with Crippen LogP contribution in [0.1, 0.15) is 27.5 Å². The Balaban J connectivity index is 1.78. The highest BCUT2D eigenvalue weighted by molar-refractivity contribution is 5.88. The number of phenols is 1. The number of aromatic nitrogens is 2. The molecule has 0 saturated carbocycles. The number of carbonyl (C=O) groups excluding carboxylic acids is 1. The number of ether oxygens (including phenoxy) is 2. The van der Waals surface area contributed by atoms with E-state index in [1.54, 1.807) is 36.5 Å². The highest BCUT2D eigenvalue weighted by Crippen LogP contribution is 2.24. The van der Waals surface area contributed by atoms with Gasteiger partial charge in [0, 0.05) is 18.7 Å². The number of pyridine rings is 1. The summed E-state index contributed by atoms with van der Waals surface area (Å²) in [6, 6.07) is 10.1. The first kappa shape index (κ1) is 17.3. The third-order valence-electron chi connectivity index (χ3n) is 3.56. The number of rotatable bonds is 7. The fourth-order valence-corrected chi connectivity index (χ4v) is 2.24. The number of nitrogens with two attached hydrogens (primary N) is 1. The first-order valence-electron chi connectivity index (χ1n) is 7.74. The fraction of sp³-hybridized carbons (Fsp3) is 0.167. The number of hydrogen-bond acceptors (Lipinski definition) is 7. The smallest absolute Gasteiger partial charge is 0.309 e. The maximum absolute atomic E-state index is 11.4.